The van der Waals surface area contributed by atoms with Crippen LogP contribution in [0.1, 0.15) is 130 Å². The molecule has 4 aliphatic rings. The number of amides is 2. The molecule has 0 radical (unpaired) electrons. The molecule has 0 bridgehead atoms. The molecule has 0 spiro atoms. The first-order chi connectivity index (χ1) is 24.8. The lowest BCUT2D eigenvalue weighted by molar-refractivity contribution is -0.145. The average Bonchev–Trinajstić information content (AvgIpc) is 3.63. The number of nitrogens with zero attached hydrogens (tertiary/aromatic N) is 1. The summed E-state index contributed by atoms with van der Waals surface area (Å²) in [4.78, 5) is 68.2. The van der Waals surface area contributed by atoms with Gasteiger partial charge in [-0.15, -0.1) is 16.5 Å². The van der Waals surface area contributed by atoms with Gasteiger partial charge >= 0.3 is 5.97 Å². The Hall–Kier alpha value is -3.28. The fraction of sp³-hybridized carbons (Fsp3) is 0.725. The number of carbonyl (C=O) groups excluding carboxylic acids is 5. The first-order valence-electron chi connectivity index (χ1n) is 19.6. The lowest BCUT2D eigenvalue weighted by Crippen LogP contribution is -2.51. The Labute approximate surface area is 312 Å². The summed E-state index contributed by atoms with van der Waals surface area (Å²) in [5, 5.41) is 24.9. The summed E-state index contributed by atoms with van der Waals surface area (Å²) in [5.74, 6) is 1.90. The van der Waals surface area contributed by atoms with Gasteiger partial charge in [0, 0.05) is 62.6 Å². The van der Waals surface area contributed by atoms with Crippen LogP contribution in [-0.2, 0) is 24.0 Å². The number of unbranched alkanes of at least 4 members (excludes halogenated alkanes) is 4. The Morgan fingerprint density at radius 2 is 1.48 bits per heavy atom. The zero-order chi connectivity index (χ0) is 37.5. The minimum absolute atomic E-state index is 0.00678. The normalized spacial score (nSPS) is 28.1. The van der Waals surface area contributed by atoms with Crippen molar-refractivity contribution in [3.63, 3.8) is 0 Å². The van der Waals surface area contributed by atoms with Gasteiger partial charge in [0.25, 0.3) is 0 Å². The monoisotopic (exact) mass is 741 g/mol. The van der Waals surface area contributed by atoms with E-state index in [-0.39, 0.29) is 52.5 Å². The van der Waals surface area contributed by atoms with Gasteiger partial charge in [-0.25, -0.2) is 4.79 Å². The molecule has 52 heavy (non-hydrogen) atoms. The van der Waals surface area contributed by atoms with Crippen LogP contribution < -0.4 is 15.5 Å². The van der Waals surface area contributed by atoms with Gasteiger partial charge in [0.2, 0.25) is 23.6 Å². The molecule has 11 nitrogen and oxygen atoms in total. The second-order valence-corrected chi connectivity index (χ2v) is 17.2. The van der Waals surface area contributed by atoms with Crippen molar-refractivity contribution in [3.8, 4) is 11.8 Å². The summed E-state index contributed by atoms with van der Waals surface area (Å²) in [5.41, 5.74) is 1.51. The minimum Gasteiger partial charge on any atom is -0.492 e. The quantitative estimate of drug-likeness (QED) is 0.125. The van der Waals surface area contributed by atoms with Crippen molar-refractivity contribution in [3.05, 3.63) is 22.6 Å². The molecule has 1 aromatic heterocycles. The van der Waals surface area contributed by atoms with Crippen LogP contribution in [0.5, 0.6) is 11.8 Å². The van der Waals surface area contributed by atoms with Gasteiger partial charge in [-0.1, -0.05) is 26.7 Å². The number of aromatic hydroxyl groups is 2. The van der Waals surface area contributed by atoms with Crippen LogP contribution in [0.2, 0.25) is 0 Å². The molecule has 1 heterocycles. The fourth-order valence-corrected chi connectivity index (χ4v) is 11.4. The average molecular weight is 742 g/mol. The van der Waals surface area contributed by atoms with Gasteiger partial charge in [0.05, 0.1) is 4.91 Å². The third-order valence-electron chi connectivity index (χ3n) is 12.9. The number of fused-ring (bicyclic) bond motifs is 5. The number of Topliss-reactive ketones (excluding diaryl/α,β-unsaturated/α-hetero) is 2. The molecule has 6 atom stereocenters. The molecule has 3 saturated carbocycles. The summed E-state index contributed by atoms with van der Waals surface area (Å²) in [6.07, 6.45) is 13.3. The van der Waals surface area contributed by atoms with Crippen molar-refractivity contribution in [2.75, 3.05) is 18.8 Å². The van der Waals surface area contributed by atoms with Gasteiger partial charge < -0.3 is 25.7 Å². The van der Waals surface area contributed by atoms with Crippen LogP contribution >= 0.6 is 11.8 Å². The summed E-state index contributed by atoms with van der Waals surface area (Å²) in [7, 11) is 0. The Morgan fingerprint density at radius 1 is 0.827 bits per heavy atom. The SMILES string of the molecule is CC(=O)C1CCC2C3CCC4=C(SCCC(=O)NCCCCCC(=O)NCCCCCC(=O)On5c(O)ccc5O)C(=O)CC[C@]4(C)C3CC[C@]12C. The number of nitrogens with one attached hydrogen (secondary N) is 2. The van der Waals surface area contributed by atoms with E-state index in [1.165, 1.54) is 17.7 Å². The maximum absolute atomic E-state index is 13.2. The van der Waals surface area contributed by atoms with Crippen molar-refractivity contribution in [1.82, 2.24) is 15.4 Å². The Morgan fingerprint density at radius 3 is 2.15 bits per heavy atom. The van der Waals surface area contributed by atoms with Crippen molar-refractivity contribution >= 4 is 41.1 Å². The number of aromatic nitrogens is 1. The standard InChI is InChI=1S/C40H59N3O8S/c1-26(44)28-14-15-29-27-12-13-31-38(32(45)19-22-40(31,3)30(27)18-21-39(28,29)2)52-25-20-34(47)42-24-8-4-6-10-33(46)41-23-9-5-7-11-37(50)51-43-35(48)16-17-36(43)49/h16-17,27-30,48-49H,4-15,18-25H2,1-3H3,(H,41,46)(H,42,47)/t27?,28?,29?,30?,39-,40-/m1/s1. The largest absolute Gasteiger partial charge is 0.492 e. The summed E-state index contributed by atoms with van der Waals surface area (Å²) < 4.78 is 0.669. The first-order valence-corrected chi connectivity index (χ1v) is 20.6. The van der Waals surface area contributed by atoms with E-state index in [1.807, 2.05) is 0 Å². The van der Waals surface area contributed by atoms with Gasteiger partial charge in [-0.2, -0.15) is 0 Å². The molecule has 288 valence electrons. The number of rotatable bonds is 18. The maximum Gasteiger partial charge on any atom is 0.333 e. The maximum atomic E-state index is 13.2. The summed E-state index contributed by atoms with van der Waals surface area (Å²) in [6, 6.07) is 2.44. The van der Waals surface area contributed by atoms with Crippen molar-refractivity contribution in [2.45, 2.75) is 130 Å². The van der Waals surface area contributed by atoms with E-state index in [0.717, 1.165) is 82.0 Å². The fourth-order valence-electron chi connectivity index (χ4n) is 10.2. The van der Waals surface area contributed by atoms with Gasteiger partial charge in [0.15, 0.2) is 5.78 Å². The number of thioether (sulfide) groups is 1. The molecule has 1 aromatic rings. The number of allylic oxidation sites excluding steroid dienone is 1. The molecular formula is C40H59N3O8S. The second kappa shape index (κ2) is 17.7. The van der Waals surface area contributed by atoms with Gasteiger partial charge in [-0.3, -0.25) is 19.2 Å². The number of hydrogen-bond acceptors (Lipinski definition) is 9. The van der Waals surface area contributed by atoms with E-state index in [4.69, 9.17) is 4.84 Å². The number of ketones is 2. The predicted octanol–water partition coefficient (Wildman–Crippen LogP) is 6.40. The van der Waals surface area contributed by atoms with Crippen LogP contribution in [0.25, 0.3) is 0 Å². The van der Waals surface area contributed by atoms with E-state index in [0.29, 0.717) is 72.8 Å². The molecule has 0 saturated heterocycles. The van der Waals surface area contributed by atoms with Crippen molar-refractivity contribution < 1.29 is 39.0 Å². The number of carbonyl (C=O) groups is 5. The van der Waals surface area contributed by atoms with Crippen molar-refractivity contribution in [1.29, 1.82) is 0 Å². The minimum atomic E-state index is -0.567. The highest BCUT2D eigenvalue weighted by Gasteiger charge is 2.60. The zero-order valence-electron chi connectivity index (χ0n) is 31.3. The highest BCUT2D eigenvalue weighted by atomic mass is 32.2. The van der Waals surface area contributed by atoms with Crippen LogP contribution in [0.3, 0.4) is 0 Å². The molecule has 3 fully saturated rings. The van der Waals surface area contributed by atoms with Gasteiger partial charge in [0.1, 0.15) is 5.78 Å². The molecule has 0 aliphatic heterocycles. The Balaban J connectivity index is 0.926. The van der Waals surface area contributed by atoms with E-state index in [2.05, 4.69) is 24.5 Å². The van der Waals surface area contributed by atoms with E-state index in [1.54, 1.807) is 18.7 Å². The third-order valence-corrected chi connectivity index (χ3v) is 14.1. The topological polar surface area (TPSA) is 164 Å². The molecule has 5 rings (SSSR count). The van der Waals surface area contributed by atoms with Crippen LogP contribution in [0.15, 0.2) is 22.6 Å². The van der Waals surface area contributed by atoms with Crippen LogP contribution in [0.4, 0.5) is 0 Å². The van der Waals surface area contributed by atoms with Crippen LogP contribution in [-0.4, -0.2) is 63.1 Å². The highest BCUT2D eigenvalue weighted by molar-refractivity contribution is 8.04. The second-order valence-electron chi connectivity index (χ2n) is 16.1. The highest BCUT2D eigenvalue weighted by Crippen LogP contribution is 2.67. The lowest BCUT2D eigenvalue weighted by Gasteiger charge is -2.58. The van der Waals surface area contributed by atoms with Crippen molar-refractivity contribution in [2.24, 2.45) is 34.5 Å². The molecule has 4 aliphatic carbocycles. The number of hydrogen-bond donors (Lipinski definition) is 4. The summed E-state index contributed by atoms with van der Waals surface area (Å²) >= 11 is 1.59. The third kappa shape index (κ3) is 9.08. The molecular weight excluding hydrogens is 683 g/mol. The molecule has 12 heteroatoms. The molecule has 0 aromatic carbocycles. The Kier molecular flexibility index (Phi) is 13.6. The van der Waals surface area contributed by atoms with E-state index >= 15 is 0 Å². The smallest absolute Gasteiger partial charge is 0.333 e. The first kappa shape index (κ1) is 39.9. The predicted molar refractivity (Wildman–Crippen MR) is 199 cm³/mol. The Bertz CT molecular complexity index is 1500. The van der Waals surface area contributed by atoms with Crippen LogP contribution in [0, 0.1) is 34.5 Å². The molecule has 4 N–H and O–H groups in total. The van der Waals surface area contributed by atoms with E-state index < -0.39 is 5.97 Å². The molecule has 2 amide bonds. The zero-order valence-corrected chi connectivity index (χ0v) is 32.1. The lowest BCUT2D eigenvalue weighted by atomic mass is 9.46. The summed E-state index contributed by atoms with van der Waals surface area (Å²) in [6.45, 7) is 7.65. The van der Waals surface area contributed by atoms with Gasteiger partial charge in [-0.05, 0) is 112 Å². The van der Waals surface area contributed by atoms with E-state index in [9.17, 15) is 34.2 Å². The molecule has 4 unspecified atom stereocenters.